The van der Waals surface area contributed by atoms with Crippen molar-refractivity contribution >= 4 is 23.1 Å². The Labute approximate surface area is 138 Å². The second kappa shape index (κ2) is 6.11. The molecule has 0 radical (unpaired) electrons. The Morgan fingerprint density at radius 2 is 1.88 bits per heavy atom. The van der Waals surface area contributed by atoms with Gasteiger partial charge in [0.15, 0.2) is 0 Å². The van der Waals surface area contributed by atoms with Crippen LogP contribution in [0.1, 0.15) is 32.1 Å². The summed E-state index contributed by atoms with van der Waals surface area (Å²) in [7, 11) is 1.53. The summed E-state index contributed by atoms with van der Waals surface area (Å²) in [5, 5.41) is 9.48. The molecule has 0 atom stereocenters. The van der Waals surface area contributed by atoms with Crippen LogP contribution >= 0.6 is 0 Å². The molecule has 0 bridgehead atoms. The van der Waals surface area contributed by atoms with Gasteiger partial charge in [-0.2, -0.15) is 5.10 Å². The second-order valence-electron chi connectivity index (χ2n) is 5.40. The van der Waals surface area contributed by atoms with Gasteiger partial charge in [0.25, 0.3) is 11.8 Å². The molecule has 3 heterocycles. The summed E-state index contributed by atoms with van der Waals surface area (Å²) in [4.78, 5) is 28.3. The van der Waals surface area contributed by atoms with Gasteiger partial charge in [-0.3, -0.25) is 9.59 Å². The molecule has 0 aliphatic carbocycles. The third-order valence-electron chi connectivity index (χ3n) is 3.88. The van der Waals surface area contributed by atoms with Crippen molar-refractivity contribution in [1.29, 1.82) is 0 Å². The lowest BCUT2D eigenvalue weighted by Crippen LogP contribution is -2.20. The van der Waals surface area contributed by atoms with Crippen LogP contribution in [-0.4, -0.2) is 33.5 Å². The number of hydrogen-bond donors (Lipinski definition) is 2. The molecule has 122 valence electrons. The van der Waals surface area contributed by atoms with Crippen LogP contribution in [0.15, 0.2) is 36.5 Å². The second-order valence-corrected chi connectivity index (χ2v) is 5.40. The van der Waals surface area contributed by atoms with Crippen molar-refractivity contribution in [3.8, 4) is 0 Å². The van der Waals surface area contributed by atoms with Crippen molar-refractivity contribution in [2.75, 3.05) is 12.4 Å². The fraction of sp³-hybridized carbons (Fsp3) is 0.176. The van der Waals surface area contributed by atoms with Gasteiger partial charge in [-0.1, -0.05) is 12.1 Å². The van der Waals surface area contributed by atoms with E-state index in [1.54, 1.807) is 22.7 Å². The van der Waals surface area contributed by atoms with Crippen molar-refractivity contribution in [3.05, 3.63) is 59.0 Å². The van der Waals surface area contributed by atoms with Gasteiger partial charge in [0, 0.05) is 12.7 Å². The van der Waals surface area contributed by atoms with E-state index in [4.69, 9.17) is 0 Å². The first-order valence-electron chi connectivity index (χ1n) is 7.45. The number of carbonyl (C=O) groups is 2. The van der Waals surface area contributed by atoms with Crippen LogP contribution in [0.2, 0.25) is 0 Å². The Balaban J connectivity index is 1.91. The SMILES string of the molecule is CNC(=O)c1cccc(NC(=O)c2cnn3c(C)c(C)ccc23)n1. The Kier molecular flexibility index (Phi) is 3.99. The normalized spacial score (nSPS) is 10.6. The van der Waals surface area contributed by atoms with E-state index in [1.807, 2.05) is 26.0 Å². The fourth-order valence-corrected chi connectivity index (χ4v) is 2.39. The zero-order valence-electron chi connectivity index (χ0n) is 13.6. The maximum atomic E-state index is 12.5. The van der Waals surface area contributed by atoms with E-state index < -0.39 is 0 Å². The van der Waals surface area contributed by atoms with E-state index in [0.717, 1.165) is 16.8 Å². The number of fused-ring (bicyclic) bond motifs is 1. The van der Waals surface area contributed by atoms with E-state index in [1.165, 1.54) is 13.2 Å². The lowest BCUT2D eigenvalue weighted by atomic mass is 10.2. The monoisotopic (exact) mass is 323 g/mol. The Morgan fingerprint density at radius 1 is 1.08 bits per heavy atom. The predicted molar refractivity (Wildman–Crippen MR) is 90.2 cm³/mol. The van der Waals surface area contributed by atoms with Crippen LogP contribution in [0.5, 0.6) is 0 Å². The largest absolute Gasteiger partial charge is 0.354 e. The highest BCUT2D eigenvalue weighted by Gasteiger charge is 2.15. The minimum Gasteiger partial charge on any atom is -0.354 e. The third kappa shape index (κ3) is 2.71. The highest BCUT2D eigenvalue weighted by molar-refractivity contribution is 6.08. The van der Waals surface area contributed by atoms with Gasteiger partial charge >= 0.3 is 0 Å². The molecule has 7 nitrogen and oxygen atoms in total. The summed E-state index contributed by atoms with van der Waals surface area (Å²) in [5.41, 5.74) is 3.48. The summed E-state index contributed by atoms with van der Waals surface area (Å²) in [5.74, 6) is -0.327. The minimum absolute atomic E-state index is 0.238. The van der Waals surface area contributed by atoms with Crippen LogP contribution in [0.3, 0.4) is 0 Å². The molecule has 3 aromatic rings. The number of hydrogen-bond acceptors (Lipinski definition) is 4. The number of pyridine rings is 2. The molecule has 0 aromatic carbocycles. The first-order valence-corrected chi connectivity index (χ1v) is 7.45. The molecule has 24 heavy (non-hydrogen) atoms. The van der Waals surface area contributed by atoms with Crippen molar-refractivity contribution in [2.45, 2.75) is 13.8 Å². The molecule has 0 spiro atoms. The standard InChI is InChI=1S/C17H17N5O2/c1-10-7-8-14-12(9-19-22(14)11(10)2)16(23)21-15-6-4-5-13(20-15)17(24)18-3/h4-9H,1-3H3,(H,18,24)(H,20,21,23). The average molecular weight is 323 g/mol. The van der Waals surface area contributed by atoms with E-state index in [9.17, 15) is 9.59 Å². The van der Waals surface area contributed by atoms with Gasteiger partial charge in [0.2, 0.25) is 0 Å². The van der Waals surface area contributed by atoms with Crippen LogP contribution in [0, 0.1) is 13.8 Å². The number of rotatable bonds is 3. The van der Waals surface area contributed by atoms with Gasteiger partial charge in [-0.25, -0.2) is 9.50 Å². The topological polar surface area (TPSA) is 88.4 Å². The lowest BCUT2D eigenvalue weighted by Gasteiger charge is -2.06. The molecule has 0 saturated heterocycles. The van der Waals surface area contributed by atoms with Crippen LogP contribution in [0.25, 0.3) is 5.52 Å². The van der Waals surface area contributed by atoms with Crippen molar-refractivity contribution < 1.29 is 9.59 Å². The molecule has 2 N–H and O–H groups in total. The molecular formula is C17H17N5O2. The van der Waals surface area contributed by atoms with Gasteiger partial charge in [-0.15, -0.1) is 0 Å². The Morgan fingerprint density at radius 3 is 2.62 bits per heavy atom. The van der Waals surface area contributed by atoms with E-state index in [-0.39, 0.29) is 17.5 Å². The molecular weight excluding hydrogens is 306 g/mol. The van der Waals surface area contributed by atoms with E-state index >= 15 is 0 Å². The van der Waals surface area contributed by atoms with Gasteiger partial charge in [0.05, 0.1) is 17.3 Å². The summed E-state index contributed by atoms with van der Waals surface area (Å²) in [6.07, 6.45) is 1.53. The molecule has 2 amide bonds. The Hall–Kier alpha value is -3.22. The van der Waals surface area contributed by atoms with Crippen LogP contribution in [0.4, 0.5) is 5.82 Å². The summed E-state index contributed by atoms with van der Waals surface area (Å²) < 4.78 is 1.73. The van der Waals surface area contributed by atoms with Crippen molar-refractivity contribution in [1.82, 2.24) is 19.9 Å². The summed E-state index contributed by atoms with van der Waals surface area (Å²) in [6.45, 7) is 3.94. The van der Waals surface area contributed by atoms with Crippen LogP contribution in [-0.2, 0) is 0 Å². The molecule has 3 rings (SSSR count). The number of nitrogens with zero attached hydrogens (tertiary/aromatic N) is 3. The highest BCUT2D eigenvalue weighted by atomic mass is 16.2. The predicted octanol–water partition coefficient (Wildman–Crippen LogP) is 1.96. The molecule has 3 aromatic heterocycles. The van der Waals surface area contributed by atoms with E-state index in [0.29, 0.717) is 11.4 Å². The molecule has 0 fully saturated rings. The maximum absolute atomic E-state index is 12.5. The molecule has 0 unspecified atom stereocenters. The average Bonchev–Trinajstić information content (AvgIpc) is 3.02. The summed E-state index contributed by atoms with van der Waals surface area (Å²) in [6, 6.07) is 8.68. The molecule has 0 aliphatic heterocycles. The molecule has 0 saturated carbocycles. The van der Waals surface area contributed by atoms with Crippen LogP contribution < -0.4 is 10.6 Å². The smallest absolute Gasteiger partial charge is 0.269 e. The highest BCUT2D eigenvalue weighted by Crippen LogP contribution is 2.17. The number of nitrogens with one attached hydrogen (secondary N) is 2. The zero-order chi connectivity index (χ0) is 17.3. The zero-order valence-corrected chi connectivity index (χ0v) is 13.6. The third-order valence-corrected chi connectivity index (χ3v) is 3.88. The number of aryl methyl sites for hydroxylation is 2. The summed E-state index contributed by atoms with van der Waals surface area (Å²) >= 11 is 0. The Bertz CT molecular complexity index is 945. The number of aromatic nitrogens is 3. The number of carbonyl (C=O) groups excluding carboxylic acids is 2. The van der Waals surface area contributed by atoms with Crippen molar-refractivity contribution in [3.63, 3.8) is 0 Å². The van der Waals surface area contributed by atoms with Gasteiger partial charge in [-0.05, 0) is 37.6 Å². The first-order chi connectivity index (χ1) is 11.5. The molecule has 0 aliphatic rings. The first kappa shape index (κ1) is 15.7. The fourth-order valence-electron chi connectivity index (χ4n) is 2.39. The van der Waals surface area contributed by atoms with Gasteiger partial charge in [0.1, 0.15) is 11.5 Å². The lowest BCUT2D eigenvalue weighted by molar-refractivity contribution is 0.0956. The maximum Gasteiger partial charge on any atom is 0.269 e. The quantitative estimate of drug-likeness (QED) is 0.771. The van der Waals surface area contributed by atoms with Gasteiger partial charge < -0.3 is 10.6 Å². The minimum atomic E-state index is -0.324. The number of amides is 2. The molecule has 7 heteroatoms. The number of anilines is 1. The van der Waals surface area contributed by atoms with E-state index in [2.05, 4.69) is 20.7 Å². The van der Waals surface area contributed by atoms with Crippen molar-refractivity contribution in [2.24, 2.45) is 0 Å².